The summed E-state index contributed by atoms with van der Waals surface area (Å²) in [5, 5.41) is 10.1. The van der Waals surface area contributed by atoms with E-state index in [4.69, 9.17) is 4.74 Å². The van der Waals surface area contributed by atoms with Crippen molar-refractivity contribution in [2.24, 2.45) is 0 Å². The van der Waals surface area contributed by atoms with Gasteiger partial charge in [0.05, 0.1) is 18.9 Å². The lowest BCUT2D eigenvalue weighted by Gasteiger charge is -2.13. The Kier molecular flexibility index (Phi) is 4.63. The van der Waals surface area contributed by atoms with E-state index in [1.807, 2.05) is 6.92 Å². The Balaban J connectivity index is 2.17. The van der Waals surface area contributed by atoms with Crippen LogP contribution in [-0.4, -0.2) is 16.7 Å². The highest BCUT2D eigenvalue weighted by atomic mass is 19.2. The molecular formula is C15H15F2NO2. The zero-order valence-electron chi connectivity index (χ0n) is 11.0. The number of aliphatic hydroxyl groups excluding tert-OH is 1. The molecule has 0 saturated heterocycles. The maximum Gasteiger partial charge on any atom is 0.162 e. The van der Waals surface area contributed by atoms with Gasteiger partial charge >= 0.3 is 0 Å². The van der Waals surface area contributed by atoms with Crippen LogP contribution in [0.3, 0.4) is 0 Å². The van der Waals surface area contributed by atoms with Gasteiger partial charge in [0.25, 0.3) is 0 Å². The largest absolute Gasteiger partial charge is 0.492 e. The zero-order valence-corrected chi connectivity index (χ0v) is 11.0. The standard InChI is InChI=1S/C15H15F2NO2/c1-2-20-12-6-11(8-18-9-12)14(19)7-10-4-3-5-13(16)15(10)17/h3-6,8-9,14,19H,2,7H2,1H3. The smallest absolute Gasteiger partial charge is 0.162 e. The second-order valence-electron chi connectivity index (χ2n) is 4.32. The average molecular weight is 279 g/mol. The summed E-state index contributed by atoms with van der Waals surface area (Å²) in [6, 6.07) is 5.54. The van der Waals surface area contributed by atoms with Crippen molar-refractivity contribution in [1.29, 1.82) is 0 Å². The van der Waals surface area contributed by atoms with E-state index in [2.05, 4.69) is 4.98 Å². The Hall–Kier alpha value is -2.01. The van der Waals surface area contributed by atoms with Crippen LogP contribution in [0, 0.1) is 11.6 Å². The predicted molar refractivity (Wildman–Crippen MR) is 70.4 cm³/mol. The summed E-state index contributed by atoms with van der Waals surface area (Å²) in [5.41, 5.74) is 0.624. The first kappa shape index (κ1) is 14.4. The van der Waals surface area contributed by atoms with Gasteiger partial charge in [-0.1, -0.05) is 12.1 Å². The van der Waals surface area contributed by atoms with Crippen molar-refractivity contribution in [2.75, 3.05) is 6.61 Å². The third kappa shape index (κ3) is 3.30. The second kappa shape index (κ2) is 6.43. The Morgan fingerprint density at radius 2 is 2.10 bits per heavy atom. The fourth-order valence-corrected chi connectivity index (χ4v) is 1.90. The quantitative estimate of drug-likeness (QED) is 0.914. The highest BCUT2D eigenvalue weighted by Crippen LogP contribution is 2.23. The van der Waals surface area contributed by atoms with E-state index >= 15 is 0 Å². The molecule has 1 unspecified atom stereocenters. The first-order valence-corrected chi connectivity index (χ1v) is 6.30. The zero-order chi connectivity index (χ0) is 14.5. The first-order chi connectivity index (χ1) is 9.61. The molecule has 2 rings (SSSR count). The van der Waals surface area contributed by atoms with Crippen LogP contribution in [0.25, 0.3) is 0 Å². The van der Waals surface area contributed by atoms with Gasteiger partial charge in [0.1, 0.15) is 5.75 Å². The van der Waals surface area contributed by atoms with E-state index in [9.17, 15) is 13.9 Å². The summed E-state index contributed by atoms with van der Waals surface area (Å²) in [4.78, 5) is 3.95. The third-order valence-corrected chi connectivity index (χ3v) is 2.87. The minimum absolute atomic E-state index is 0.0269. The number of hydrogen-bond acceptors (Lipinski definition) is 3. The Morgan fingerprint density at radius 1 is 1.30 bits per heavy atom. The molecule has 5 heteroatoms. The minimum atomic E-state index is -0.973. The second-order valence-corrected chi connectivity index (χ2v) is 4.32. The Labute approximate surface area is 115 Å². The van der Waals surface area contributed by atoms with E-state index in [-0.39, 0.29) is 12.0 Å². The molecule has 0 fully saturated rings. The summed E-state index contributed by atoms with van der Waals surface area (Å²) in [6.45, 7) is 2.32. The van der Waals surface area contributed by atoms with Crippen LogP contribution in [0.5, 0.6) is 5.75 Å². The molecule has 2 aromatic rings. The fourth-order valence-electron chi connectivity index (χ4n) is 1.90. The lowest BCUT2D eigenvalue weighted by atomic mass is 10.0. The SMILES string of the molecule is CCOc1cncc(C(O)Cc2cccc(F)c2F)c1. The Morgan fingerprint density at radius 3 is 2.85 bits per heavy atom. The number of aromatic nitrogens is 1. The molecule has 0 bridgehead atoms. The highest BCUT2D eigenvalue weighted by molar-refractivity contribution is 5.27. The van der Waals surface area contributed by atoms with Crippen LogP contribution < -0.4 is 4.74 Å². The van der Waals surface area contributed by atoms with Gasteiger partial charge < -0.3 is 9.84 Å². The maximum atomic E-state index is 13.6. The van der Waals surface area contributed by atoms with Crippen molar-refractivity contribution in [3.8, 4) is 5.75 Å². The molecule has 106 valence electrons. The summed E-state index contributed by atoms with van der Waals surface area (Å²) in [5.74, 6) is -1.32. The van der Waals surface area contributed by atoms with Crippen molar-refractivity contribution in [1.82, 2.24) is 4.98 Å². The lowest BCUT2D eigenvalue weighted by Crippen LogP contribution is -2.05. The molecule has 0 aliphatic heterocycles. The number of aliphatic hydroxyl groups is 1. The average Bonchev–Trinajstić information content (AvgIpc) is 2.44. The summed E-state index contributed by atoms with van der Waals surface area (Å²) < 4.78 is 31.9. The third-order valence-electron chi connectivity index (χ3n) is 2.87. The number of pyridine rings is 1. The van der Waals surface area contributed by atoms with E-state index in [1.165, 1.54) is 24.5 Å². The molecule has 1 heterocycles. The monoisotopic (exact) mass is 279 g/mol. The van der Waals surface area contributed by atoms with Crippen LogP contribution in [0.15, 0.2) is 36.7 Å². The van der Waals surface area contributed by atoms with Crippen LogP contribution in [0.4, 0.5) is 8.78 Å². The number of halogens is 2. The summed E-state index contributed by atoms with van der Waals surface area (Å²) in [7, 11) is 0. The van der Waals surface area contributed by atoms with Crippen molar-refractivity contribution < 1.29 is 18.6 Å². The number of hydrogen-bond donors (Lipinski definition) is 1. The molecule has 1 aromatic heterocycles. The van der Waals surface area contributed by atoms with Crippen molar-refractivity contribution in [3.05, 3.63) is 59.4 Å². The van der Waals surface area contributed by atoms with Gasteiger partial charge in [-0.05, 0) is 24.6 Å². The van der Waals surface area contributed by atoms with E-state index in [0.717, 1.165) is 6.07 Å². The molecule has 1 aromatic carbocycles. The summed E-state index contributed by atoms with van der Waals surface area (Å²) in [6.07, 6.45) is 2.01. The minimum Gasteiger partial charge on any atom is -0.492 e. The molecule has 3 nitrogen and oxygen atoms in total. The first-order valence-electron chi connectivity index (χ1n) is 6.30. The normalized spacial score (nSPS) is 12.2. The molecule has 0 aliphatic rings. The van der Waals surface area contributed by atoms with Crippen molar-refractivity contribution in [3.63, 3.8) is 0 Å². The molecule has 0 amide bonds. The Bertz CT molecular complexity index is 590. The maximum absolute atomic E-state index is 13.6. The van der Waals surface area contributed by atoms with Crippen molar-refractivity contribution in [2.45, 2.75) is 19.4 Å². The van der Waals surface area contributed by atoms with E-state index in [0.29, 0.717) is 17.9 Å². The number of ether oxygens (including phenoxy) is 1. The van der Waals surface area contributed by atoms with Crippen LogP contribution in [0.1, 0.15) is 24.2 Å². The predicted octanol–water partition coefficient (Wildman–Crippen LogP) is 3.03. The van der Waals surface area contributed by atoms with Gasteiger partial charge in [0.2, 0.25) is 0 Å². The number of nitrogens with zero attached hydrogens (tertiary/aromatic N) is 1. The van der Waals surface area contributed by atoms with Gasteiger partial charge in [0, 0.05) is 18.2 Å². The molecular weight excluding hydrogens is 264 g/mol. The fraction of sp³-hybridized carbons (Fsp3) is 0.267. The highest BCUT2D eigenvalue weighted by Gasteiger charge is 2.15. The van der Waals surface area contributed by atoms with Crippen LogP contribution in [0.2, 0.25) is 0 Å². The van der Waals surface area contributed by atoms with Gasteiger partial charge in [-0.2, -0.15) is 0 Å². The molecule has 0 radical (unpaired) electrons. The van der Waals surface area contributed by atoms with Crippen molar-refractivity contribution >= 4 is 0 Å². The van der Waals surface area contributed by atoms with E-state index in [1.54, 1.807) is 6.07 Å². The van der Waals surface area contributed by atoms with Crippen LogP contribution >= 0.6 is 0 Å². The van der Waals surface area contributed by atoms with Crippen LogP contribution in [-0.2, 0) is 6.42 Å². The van der Waals surface area contributed by atoms with Gasteiger partial charge in [-0.15, -0.1) is 0 Å². The molecule has 0 saturated carbocycles. The van der Waals surface area contributed by atoms with E-state index < -0.39 is 17.7 Å². The molecule has 20 heavy (non-hydrogen) atoms. The topological polar surface area (TPSA) is 42.4 Å². The summed E-state index contributed by atoms with van der Waals surface area (Å²) >= 11 is 0. The lowest BCUT2D eigenvalue weighted by molar-refractivity contribution is 0.175. The number of rotatable bonds is 5. The molecule has 1 atom stereocenters. The number of benzene rings is 1. The van der Waals surface area contributed by atoms with Gasteiger partial charge in [-0.3, -0.25) is 4.98 Å². The van der Waals surface area contributed by atoms with Gasteiger partial charge in [-0.25, -0.2) is 8.78 Å². The molecule has 0 aliphatic carbocycles. The van der Waals surface area contributed by atoms with Gasteiger partial charge in [0.15, 0.2) is 11.6 Å². The molecule has 1 N–H and O–H groups in total. The molecule has 0 spiro atoms.